The van der Waals surface area contributed by atoms with Crippen LogP contribution in [0.3, 0.4) is 0 Å². The predicted molar refractivity (Wildman–Crippen MR) is 192 cm³/mol. The Hall–Kier alpha value is -2.65. The number of hydrogen-bond donors (Lipinski definition) is 2. The Morgan fingerprint density at radius 2 is 1.96 bits per heavy atom. The first kappa shape index (κ1) is 33.5. The van der Waals surface area contributed by atoms with Crippen LogP contribution in [0.2, 0.25) is 5.02 Å². The van der Waals surface area contributed by atoms with Crippen molar-refractivity contribution in [3.63, 3.8) is 0 Å². The third-order valence-electron chi connectivity index (χ3n) is 13.5. The minimum Gasteiger partial charge on any atom is -0.490 e. The molecule has 2 fully saturated rings. The maximum Gasteiger partial charge on any atom is 0.251 e. The average Bonchev–Trinajstić information content (AvgIpc) is 3.23. The molecule has 4 bridgehead atoms. The van der Waals surface area contributed by atoms with Crippen molar-refractivity contribution in [1.29, 1.82) is 0 Å². The maximum atomic E-state index is 15.5. The number of benzene rings is 2. The van der Waals surface area contributed by atoms with Crippen molar-refractivity contribution in [1.82, 2.24) is 15.5 Å². The third-order valence-corrected chi connectivity index (χ3v) is 13.8. The number of hydrogen-bond acceptors (Lipinski definition) is 6. The highest BCUT2D eigenvalue weighted by Crippen LogP contribution is 2.54. The molecule has 0 unspecified atom stereocenters. The van der Waals surface area contributed by atoms with Crippen LogP contribution in [0.4, 0.5) is 10.1 Å². The summed E-state index contributed by atoms with van der Waals surface area (Å²) in [6.07, 6.45) is 8.31. The Morgan fingerprint density at radius 1 is 1.14 bits per heavy atom. The van der Waals surface area contributed by atoms with Crippen LogP contribution in [0.25, 0.3) is 0 Å². The number of fused-ring (bicyclic) bond motifs is 6. The summed E-state index contributed by atoms with van der Waals surface area (Å²) in [6.45, 7) is 12.2. The van der Waals surface area contributed by atoms with Gasteiger partial charge in [0.1, 0.15) is 17.2 Å². The molecule has 7 aliphatic rings. The topological polar surface area (TPSA) is 66.1 Å². The zero-order chi connectivity index (χ0) is 33.9. The summed E-state index contributed by atoms with van der Waals surface area (Å²) in [4.78, 5) is 18.7. The summed E-state index contributed by atoms with van der Waals surface area (Å²) in [6, 6.07) is 9.65. The van der Waals surface area contributed by atoms with Crippen LogP contribution < -0.4 is 20.3 Å². The minimum absolute atomic E-state index is 0.0478. The molecule has 9 heteroatoms. The van der Waals surface area contributed by atoms with Gasteiger partial charge in [-0.3, -0.25) is 9.69 Å². The van der Waals surface area contributed by atoms with Crippen LogP contribution >= 0.6 is 11.6 Å². The summed E-state index contributed by atoms with van der Waals surface area (Å²) >= 11 is 6.31. The van der Waals surface area contributed by atoms with E-state index >= 15 is 4.39 Å². The zero-order valence-corrected chi connectivity index (χ0v) is 30.1. The van der Waals surface area contributed by atoms with Crippen LogP contribution in [0.15, 0.2) is 42.0 Å². The molecule has 0 aromatic heterocycles. The number of allylic oxidation sites excluding steroid dienone is 1. The number of nitrogens with one attached hydrogen (secondary N) is 2. The van der Waals surface area contributed by atoms with Gasteiger partial charge in [-0.05, 0) is 109 Å². The molecule has 4 heterocycles. The van der Waals surface area contributed by atoms with Gasteiger partial charge < -0.3 is 25.0 Å². The molecule has 0 radical (unpaired) electrons. The molecular formula is C40H52ClFN4O3. The van der Waals surface area contributed by atoms with Gasteiger partial charge in [0, 0.05) is 70.4 Å². The van der Waals surface area contributed by atoms with Crippen LogP contribution in [-0.2, 0) is 16.6 Å². The normalized spacial score (nSPS) is 34.7. The monoisotopic (exact) mass is 690 g/mol. The lowest BCUT2D eigenvalue weighted by molar-refractivity contribution is -0.106. The van der Waals surface area contributed by atoms with E-state index in [4.69, 9.17) is 21.1 Å². The highest BCUT2D eigenvalue weighted by atomic mass is 35.5. The Morgan fingerprint density at radius 3 is 2.71 bits per heavy atom. The van der Waals surface area contributed by atoms with E-state index in [-0.39, 0.29) is 22.3 Å². The molecule has 264 valence electrons. The molecular weight excluding hydrogens is 639 g/mol. The quantitative estimate of drug-likeness (QED) is 0.373. The Kier molecular flexibility index (Phi) is 8.99. The number of rotatable bonds is 3. The summed E-state index contributed by atoms with van der Waals surface area (Å²) in [7, 11) is 1.95. The number of amides is 1. The van der Waals surface area contributed by atoms with E-state index < -0.39 is 5.41 Å². The van der Waals surface area contributed by atoms with E-state index in [0.29, 0.717) is 61.3 Å². The number of carbonyl (C=O) groups is 1. The Labute approximate surface area is 295 Å². The molecule has 7 nitrogen and oxygen atoms in total. The second kappa shape index (κ2) is 13.2. The van der Waals surface area contributed by atoms with Crippen molar-refractivity contribution < 1.29 is 18.7 Å². The van der Waals surface area contributed by atoms with Crippen molar-refractivity contribution in [3.05, 3.63) is 69.5 Å². The Balaban J connectivity index is 1.21. The lowest BCUT2D eigenvalue weighted by Gasteiger charge is -2.56. The molecule has 2 N–H and O–H groups in total. The number of methoxy groups -OCH3 is 1. The van der Waals surface area contributed by atoms with E-state index in [9.17, 15) is 4.79 Å². The van der Waals surface area contributed by atoms with Crippen LogP contribution in [0.1, 0.15) is 67.4 Å². The van der Waals surface area contributed by atoms with E-state index in [1.54, 1.807) is 6.07 Å². The molecule has 9 rings (SSSR count). The first-order chi connectivity index (χ1) is 23.7. The van der Waals surface area contributed by atoms with Gasteiger partial charge >= 0.3 is 0 Å². The largest absolute Gasteiger partial charge is 0.490 e. The lowest BCUT2D eigenvalue weighted by Crippen LogP contribution is -2.61. The van der Waals surface area contributed by atoms with E-state index in [0.717, 1.165) is 93.9 Å². The molecule has 1 saturated carbocycles. The summed E-state index contributed by atoms with van der Waals surface area (Å²) in [5, 5.41) is 6.97. The van der Waals surface area contributed by atoms with Crippen molar-refractivity contribution in [2.45, 2.75) is 63.4 Å². The van der Waals surface area contributed by atoms with Crippen LogP contribution in [0, 0.1) is 35.4 Å². The second-order valence-corrected chi connectivity index (χ2v) is 16.5. The number of carbonyl (C=O) groups excluding carboxylic acids is 1. The number of anilines is 1. The molecule has 49 heavy (non-hydrogen) atoms. The van der Waals surface area contributed by atoms with Crippen molar-refractivity contribution in [2.75, 3.05) is 71.0 Å². The van der Waals surface area contributed by atoms with E-state index in [2.05, 4.69) is 40.4 Å². The standard InChI is InChI=1S/C40H52ClFN4O3/c1-25-20-44-38(47)27-7-11-36-35(19-27)46(22-39(24-49-36)12-4-5-31-33(39)9-10-34(41)37(31)42)21-28-6-8-32(28)40(48-3,23-45-15-13-43-14-16-45)30-17-29(18-30)26(25)2/h7,9-11,17,19,25-26,28-29,32,43H,4-6,8,12-16,18,20-24H2,1-3H3,(H,44,47)/t25-,26+,28-,29-,32+,39-,40-/m0/s1. The number of piperazine rings is 1. The first-order valence-electron chi connectivity index (χ1n) is 18.7. The van der Waals surface area contributed by atoms with Gasteiger partial charge in [-0.2, -0.15) is 0 Å². The van der Waals surface area contributed by atoms with E-state index in [1.807, 2.05) is 31.4 Å². The second-order valence-electron chi connectivity index (χ2n) is 16.0. The zero-order valence-electron chi connectivity index (χ0n) is 29.3. The van der Waals surface area contributed by atoms with Crippen molar-refractivity contribution >= 4 is 23.2 Å². The summed E-state index contributed by atoms with van der Waals surface area (Å²) in [5.74, 6) is 2.50. The molecule has 2 aromatic rings. The SMILES string of the molecule is CO[C@@]1(CN2CCNCC2)C2=C[C@@H](C2)[C@H](C)[C@@H](C)CNC(=O)c2ccc3c(c2)N(C[C@@H]2CC[C@H]21)C[C@@]1(CCCc2c1ccc(Cl)c2F)CO3. The lowest BCUT2D eigenvalue weighted by atomic mass is 9.57. The van der Waals surface area contributed by atoms with Gasteiger partial charge in [-0.1, -0.05) is 37.6 Å². The third kappa shape index (κ3) is 5.79. The van der Waals surface area contributed by atoms with Gasteiger partial charge in [0.05, 0.1) is 17.3 Å². The average molecular weight is 691 g/mol. The number of nitrogens with zero attached hydrogens (tertiary/aromatic N) is 2. The van der Waals surface area contributed by atoms with Gasteiger partial charge in [-0.15, -0.1) is 0 Å². The van der Waals surface area contributed by atoms with E-state index in [1.165, 1.54) is 5.57 Å². The highest BCUT2D eigenvalue weighted by Gasteiger charge is 2.54. The summed E-state index contributed by atoms with van der Waals surface area (Å²) < 4.78 is 29.0. The molecule has 3 aliphatic carbocycles. The minimum atomic E-state index is -0.394. The molecule has 1 spiro atoms. The van der Waals surface area contributed by atoms with Crippen LogP contribution in [-0.4, -0.2) is 82.5 Å². The number of ether oxygens (including phenoxy) is 2. The van der Waals surface area contributed by atoms with Crippen molar-refractivity contribution in [3.8, 4) is 5.75 Å². The van der Waals surface area contributed by atoms with Gasteiger partial charge in [0.25, 0.3) is 5.91 Å². The molecule has 1 saturated heterocycles. The fourth-order valence-corrected chi connectivity index (χ4v) is 10.2. The predicted octanol–water partition coefficient (Wildman–Crippen LogP) is 6.23. The fourth-order valence-electron chi connectivity index (χ4n) is 10.1. The highest BCUT2D eigenvalue weighted by molar-refractivity contribution is 6.30. The smallest absolute Gasteiger partial charge is 0.251 e. The maximum absolute atomic E-state index is 15.5. The Bertz CT molecular complexity index is 1630. The molecule has 7 atom stereocenters. The van der Waals surface area contributed by atoms with Gasteiger partial charge in [-0.25, -0.2) is 4.39 Å². The fraction of sp³-hybridized carbons (Fsp3) is 0.625. The molecule has 1 amide bonds. The van der Waals surface area contributed by atoms with Gasteiger partial charge in [0.2, 0.25) is 0 Å². The van der Waals surface area contributed by atoms with Crippen molar-refractivity contribution in [2.24, 2.45) is 29.6 Å². The molecule has 2 aromatic carbocycles. The number of halogens is 2. The first-order valence-corrected chi connectivity index (χ1v) is 19.1. The summed E-state index contributed by atoms with van der Waals surface area (Å²) in [5.41, 5.74) is 4.10. The van der Waals surface area contributed by atoms with Crippen LogP contribution in [0.5, 0.6) is 5.75 Å². The van der Waals surface area contributed by atoms with Gasteiger partial charge in [0.15, 0.2) is 0 Å². The molecule has 4 aliphatic heterocycles.